The zero-order valence-electron chi connectivity index (χ0n) is 18.3. The number of hydrogen-bond donors (Lipinski definition) is 2. The van der Waals surface area contributed by atoms with E-state index in [-0.39, 0.29) is 24.5 Å². The van der Waals surface area contributed by atoms with E-state index in [1.165, 1.54) is 0 Å². The first kappa shape index (κ1) is 23.2. The van der Waals surface area contributed by atoms with Gasteiger partial charge >= 0.3 is 5.97 Å². The number of benzene rings is 3. The number of allylic oxidation sites excluding steroid dienone is 1. The number of carbonyl (C=O) groups excluding carboxylic acids is 1. The largest absolute Gasteiger partial charge is 0.481 e. The standard InChI is InChI=1S/C28H29NO3/c1-3-21(2)19-26(30)25(20-27(31)32)29-28(22-13-7-4-8-14-22,23-15-9-5-10-16-23)24-17-11-6-12-18-24/h3-18,21,25,29H,1,19-20H2,2H3,(H,31,32). The fourth-order valence-corrected chi connectivity index (χ4v) is 4.04. The third kappa shape index (κ3) is 5.21. The van der Waals surface area contributed by atoms with Gasteiger partial charge in [-0.2, -0.15) is 0 Å². The van der Waals surface area contributed by atoms with Crippen LogP contribution in [0.15, 0.2) is 104 Å². The van der Waals surface area contributed by atoms with Gasteiger partial charge in [0.1, 0.15) is 0 Å². The molecule has 0 radical (unpaired) electrons. The lowest BCUT2D eigenvalue weighted by molar-refractivity contribution is -0.139. The van der Waals surface area contributed by atoms with Crippen molar-refractivity contribution in [3.8, 4) is 0 Å². The summed E-state index contributed by atoms with van der Waals surface area (Å²) in [5.41, 5.74) is 1.88. The van der Waals surface area contributed by atoms with Gasteiger partial charge < -0.3 is 5.11 Å². The topological polar surface area (TPSA) is 66.4 Å². The molecule has 3 aromatic carbocycles. The van der Waals surface area contributed by atoms with Crippen LogP contribution in [0.1, 0.15) is 36.5 Å². The summed E-state index contributed by atoms with van der Waals surface area (Å²) in [5.74, 6) is -1.21. The normalized spacial score (nSPS) is 13.2. The van der Waals surface area contributed by atoms with E-state index >= 15 is 0 Å². The molecule has 0 saturated heterocycles. The highest BCUT2D eigenvalue weighted by Crippen LogP contribution is 2.37. The van der Waals surface area contributed by atoms with Gasteiger partial charge in [-0.1, -0.05) is 104 Å². The molecule has 0 aliphatic rings. The summed E-state index contributed by atoms with van der Waals surface area (Å²) in [6.07, 6.45) is 1.63. The van der Waals surface area contributed by atoms with E-state index in [9.17, 15) is 14.7 Å². The Morgan fingerprint density at radius 2 is 1.25 bits per heavy atom. The Labute approximate surface area is 189 Å². The van der Waals surface area contributed by atoms with Crippen LogP contribution in [-0.2, 0) is 15.1 Å². The number of carboxylic acids is 1. The number of aliphatic carboxylic acids is 1. The minimum Gasteiger partial charge on any atom is -0.481 e. The molecular formula is C28H29NO3. The van der Waals surface area contributed by atoms with Crippen LogP contribution >= 0.6 is 0 Å². The lowest BCUT2D eigenvalue weighted by Gasteiger charge is -2.39. The quantitative estimate of drug-likeness (QED) is 0.326. The maximum atomic E-state index is 13.2. The molecule has 32 heavy (non-hydrogen) atoms. The molecule has 3 rings (SSSR count). The first-order chi connectivity index (χ1) is 15.5. The SMILES string of the molecule is C=CC(C)CC(=O)C(CC(=O)O)NC(c1ccccc1)(c1ccccc1)c1ccccc1. The number of nitrogens with one attached hydrogen (secondary N) is 1. The van der Waals surface area contributed by atoms with Crippen LogP contribution in [0.2, 0.25) is 0 Å². The Balaban J connectivity index is 2.21. The fraction of sp³-hybridized carbons (Fsp3) is 0.214. The lowest BCUT2D eigenvalue weighted by atomic mass is 9.76. The number of rotatable bonds is 11. The van der Waals surface area contributed by atoms with Crippen molar-refractivity contribution in [2.75, 3.05) is 0 Å². The molecule has 4 heteroatoms. The Hall–Kier alpha value is -3.50. The van der Waals surface area contributed by atoms with Crippen LogP contribution in [0.3, 0.4) is 0 Å². The van der Waals surface area contributed by atoms with Gasteiger partial charge in [0.2, 0.25) is 0 Å². The Bertz CT molecular complexity index is 935. The maximum absolute atomic E-state index is 13.2. The van der Waals surface area contributed by atoms with Gasteiger partial charge in [0.05, 0.1) is 18.0 Å². The van der Waals surface area contributed by atoms with E-state index in [0.717, 1.165) is 16.7 Å². The van der Waals surface area contributed by atoms with E-state index in [0.29, 0.717) is 0 Å². The van der Waals surface area contributed by atoms with Crippen LogP contribution in [0, 0.1) is 5.92 Å². The molecule has 0 fully saturated rings. The third-order valence-corrected chi connectivity index (χ3v) is 5.70. The van der Waals surface area contributed by atoms with Crippen molar-refractivity contribution >= 4 is 11.8 Å². The molecule has 3 aromatic rings. The Morgan fingerprint density at radius 1 is 0.844 bits per heavy atom. The molecule has 0 aliphatic carbocycles. The molecule has 0 amide bonds. The summed E-state index contributed by atoms with van der Waals surface area (Å²) < 4.78 is 0. The van der Waals surface area contributed by atoms with Gasteiger partial charge in [-0.05, 0) is 22.6 Å². The number of Topliss-reactive ketones (excluding diaryl/α,β-unsaturated/α-hetero) is 1. The van der Waals surface area contributed by atoms with Crippen molar-refractivity contribution in [1.29, 1.82) is 0 Å². The van der Waals surface area contributed by atoms with E-state index < -0.39 is 17.6 Å². The van der Waals surface area contributed by atoms with Crippen LogP contribution in [-0.4, -0.2) is 22.9 Å². The van der Waals surface area contributed by atoms with Crippen molar-refractivity contribution in [2.24, 2.45) is 5.92 Å². The van der Waals surface area contributed by atoms with Crippen LogP contribution in [0.25, 0.3) is 0 Å². The smallest absolute Gasteiger partial charge is 0.305 e. The second-order valence-electron chi connectivity index (χ2n) is 8.03. The van der Waals surface area contributed by atoms with Gasteiger partial charge in [0.15, 0.2) is 5.78 Å². The predicted octanol–water partition coefficient (Wildman–Crippen LogP) is 5.19. The average Bonchev–Trinajstić information content (AvgIpc) is 2.83. The van der Waals surface area contributed by atoms with Crippen molar-refractivity contribution in [3.63, 3.8) is 0 Å². The summed E-state index contributed by atoms with van der Waals surface area (Å²) in [6, 6.07) is 28.7. The van der Waals surface area contributed by atoms with Gasteiger partial charge in [0, 0.05) is 6.42 Å². The van der Waals surface area contributed by atoms with Gasteiger partial charge in [0.25, 0.3) is 0 Å². The van der Waals surface area contributed by atoms with E-state index in [2.05, 4.69) is 11.9 Å². The minimum absolute atomic E-state index is 0.0415. The highest BCUT2D eigenvalue weighted by atomic mass is 16.4. The molecule has 0 spiro atoms. The Morgan fingerprint density at radius 3 is 1.59 bits per heavy atom. The van der Waals surface area contributed by atoms with Crippen molar-refractivity contribution < 1.29 is 14.7 Å². The van der Waals surface area contributed by atoms with Crippen molar-refractivity contribution in [1.82, 2.24) is 5.32 Å². The van der Waals surface area contributed by atoms with Gasteiger partial charge in [-0.15, -0.1) is 6.58 Å². The molecule has 2 unspecified atom stereocenters. The first-order valence-corrected chi connectivity index (χ1v) is 10.8. The molecule has 0 aliphatic heterocycles. The number of carbonyl (C=O) groups is 2. The zero-order chi connectivity index (χ0) is 23.0. The second kappa shape index (κ2) is 10.7. The van der Waals surface area contributed by atoms with Crippen molar-refractivity contribution in [3.05, 3.63) is 120 Å². The average molecular weight is 428 g/mol. The van der Waals surface area contributed by atoms with E-state index in [1.807, 2.05) is 97.9 Å². The molecule has 164 valence electrons. The molecule has 4 nitrogen and oxygen atoms in total. The van der Waals surface area contributed by atoms with Crippen LogP contribution in [0.5, 0.6) is 0 Å². The molecule has 0 heterocycles. The fourth-order valence-electron chi connectivity index (χ4n) is 4.04. The van der Waals surface area contributed by atoms with Gasteiger partial charge in [-0.25, -0.2) is 0 Å². The zero-order valence-corrected chi connectivity index (χ0v) is 18.3. The number of carboxylic acid groups (broad SMARTS) is 1. The van der Waals surface area contributed by atoms with Crippen LogP contribution < -0.4 is 5.32 Å². The number of ketones is 1. The monoisotopic (exact) mass is 427 g/mol. The summed E-state index contributed by atoms with van der Waals surface area (Å²) in [6.45, 7) is 5.67. The molecular weight excluding hydrogens is 398 g/mol. The molecule has 0 aromatic heterocycles. The second-order valence-corrected chi connectivity index (χ2v) is 8.03. The molecule has 2 atom stereocenters. The third-order valence-electron chi connectivity index (χ3n) is 5.70. The Kier molecular flexibility index (Phi) is 7.74. The summed E-state index contributed by atoms with van der Waals surface area (Å²) >= 11 is 0. The van der Waals surface area contributed by atoms with Crippen molar-refractivity contribution in [2.45, 2.75) is 31.3 Å². The van der Waals surface area contributed by atoms with E-state index in [1.54, 1.807) is 6.08 Å². The summed E-state index contributed by atoms with van der Waals surface area (Å²) in [7, 11) is 0. The van der Waals surface area contributed by atoms with E-state index in [4.69, 9.17) is 0 Å². The van der Waals surface area contributed by atoms with Crippen LogP contribution in [0.4, 0.5) is 0 Å². The lowest BCUT2D eigenvalue weighted by Crippen LogP contribution is -2.53. The minimum atomic E-state index is -1.02. The predicted molar refractivity (Wildman–Crippen MR) is 127 cm³/mol. The highest BCUT2D eigenvalue weighted by Gasteiger charge is 2.40. The van der Waals surface area contributed by atoms with Gasteiger partial charge in [-0.3, -0.25) is 14.9 Å². The highest BCUT2D eigenvalue weighted by molar-refractivity contribution is 5.88. The molecule has 2 N–H and O–H groups in total. The maximum Gasteiger partial charge on any atom is 0.305 e. The summed E-state index contributed by atoms with van der Waals surface area (Å²) in [4.78, 5) is 25.0. The molecule has 0 saturated carbocycles. The molecule has 0 bridgehead atoms. The first-order valence-electron chi connectivity index (χ1n) is 10.8. The number of hydrogen-bond acceptors (Lipinski definition) is 3. The summed E-state index contributed by atoms with van der Waals surface area (Å²) in [5, 5.41) is 13.1.